The normalized spacial score (nSPS) is 14.0. The first-order chi connectivity index (χ1) is 9.90. The average Bonchev–Trinajstić information content (AvgIpc) is 2.99. The maximum atomic E-state index is 12.2. The SMILES string of the molecule is CC(C)C(C)(O)CNC(=O)c1cccc(-c2ncn[nH]2)c1. The van der Waals surface area contributed by atoms with Crippen LogP contribution in [0.4, 0.5) is 0 Å². The number of hydrogen-bond acceptors (Lipinski definition) is 4. The summed E-state index contributed by atoms with van der Waals surface area (Å²) in [4.78, 5) is 16.2. The number of benzene rings is 1. The van der Waals surface area contributed by atoms with Crippen molar-refractivity contribution in [2.75, 3.05) is 6.54 Å². The Morgan fingerprint density at radius 2 is 2.24 bits per heavy atom. The molecule has 0 spiro atoms. The molecule has 3 N–H and O–H groups in total. The lowest BCUT2D eigenvalue weighted by molar-refractivity contribution is 0.0142. The van der Waals surface area contributed by atoms with Crippen LogP contribution in [0.2, 0.25) is 0 Å². The summed E-state index contributed by atoms with van der Waals surface area (Å²) in [6.07, 6.45) is 1.42. The molecule has 0 saturated heterocycles. The van der Waals surface area contributed by atoms with E-state index in [0.717, 1.165) is 5.56 Å². The first-order valence-corrected chi connectivity index (χ1v) is 6.86. The number of rotatable bonds is 5. The summed E-state index contributed by atoms with van der Waals surface area (Å²) in [7, 11) is 0. The second-order valence-electron chi connectivity index (χ2n) is 5.61. The van der Waals surface area contributed by atoms with Crippen LogP contribution in [0.25, 0.3) is 11.4 Å². The molecule has 0 aliphatic rings. The molecule has 2 aromatic rings. The van der Waals surface area contributed by atoms with Crippen molar-refractivity contribution < 1.29 is 9.90 Å². The van der Waals surface area contributed by atoms with E-state index < -0.39 is 5.60 Å². The topological polar surface area (TPSA) is 90.9 Å². The molecular formula is C15H20N4O2. The summed E-state index contributed by atoms with van der Waals surface area (Å²) in [5, 5.41) is 19.5. The van der Waals surface area contributed by atoms with Crippen LogP contribution in [0.3, 0.4) is 0 Å². The van der Waals surface area contributed by atoms with E-state index in [1.54, 1.807) is 25.1 Å². The minimum Gasteiger partial charge on any atom is -0.388 e. The molecule has 0 bridgehead atoms. The average molecular weight is 288 g/mol. The Morgan fingerprint density at radius 1 is 1.48 bits per heavy atom. The quantitative estimate of drug-likeness (QED) is 0.779. The lowest BCUT2D eigenvalue weighted by atomic mass is 9.92. The number of nitrogens with one attached hydrogen (secondary N) is 2. The van der Waals surface area contributed by atoms with Crippen molar-refractivity contribution in [2.45, 2.75) is 26.4 Å². The number of aliphatic hydroxyl groups is 1. The van der Waals surface area contributed by atoms with E-state index in [0.29, 0.717) is 11.4 Å². The zero-order valence-corrected chi connectivity index (χ0v) is 12.4. The summed E-state index contributed by atoms with van der Waals surface area (Å²) in [6.45, 7) is 5.74. The van der Waals surface area contributed by atoms with Gasteiger partial charge in [0.2, 0.25) is 0 Å². The maximum Gasteiger partial charge on any atom is 0.251 e. The third-order valence-corrected chi connectivity index (χ3v) is 3.66. The fourth-order valence-corrected chi connectivity index (χ4v) is 1.72. The van der Waals surface area contributed by atoms with Crippen LogP contribution in [0, 0.1) is 5.92 Å². The fourth-order valence-electron chi connectivity index (χ4n) is 1.72. The second-order valence-corrected chi connectivity index (χ2v) is 5.61. The van der Waals surface area contributed by atoms with Crippen LogP contribution >= 0.6 is 0 Å². The molecule has 1 amide bonds. The molecule has 1 aromatic heterocycles. The highest BCUT2D eigenvalue weighted by atomic mass is 16.3. The Bertz CT molecular complexity index is 606. The van der Waals surface area contributed by atoms with Gasteiger partial charge in [-0.3, -0.25) is 9.89 Å². The van der Waals surface area contributed by atoms with Gasteiger partial charge in [0.25, 0.3) is 5.91 Å². The smallest absolute Gasteiger partial charge is 0.251 e. The highest BCUT2D eigenvalue weighted by Crippen LogP contribution is 2.17. The van der Waals surface area contributed by atoms with Gasteiger partial charge in [0.1, 0.15) is 6.33 Å². The molecule has 6 nitrogen and oxygen atoms in total. The van der Waals surface area contributed by atoms with Gasteiger partial charge >= 0.3 is 0 Å². The van der Waals surface area contributed by atoms with Gasteiger partial charge in [-0.25, -0.2) is 4.98 Å². The predicted octanol–water partition coefficient (Wildman–Crippen LogP) is 1.61. The first-order valence-electron chi connectivity index (χ1n) is 6.86. The zero-order valence-electron chi connectivity index (χ0n) is 12.4. The van der Waals surface area contributed by atoms with Crippen molar-refractivity contribution in [3.63, 3.8) is 0 Å². The van der Waals surface area contributed by atoms with Crippen LogP contribution in [0.5, 0.6) is 0 Å². The number of H-pyrrole nitrogens is 1. The molecule has 112 valence electrons. The van der Waals surface area contributed by atoms with E-state index in [1.165, 1.54) is 6.33 Å². The summed E-state index contributed by atoms with van der Waals surface area (Å²) in [6, 6.07) is 7.09. The molecule has 1 atom stereocenters. The van der Waals surface area contributed by atoms with E-state index in [2.05, 4.69) is 20.5 Å². The van der Waals surface area contributed by atoms with E-state index in [1.807, 2.05) is 19.9 Å². The Morgan fingerprint density at radius 3 is 2.86 bits per heavy atom. The minimum atomic E-state index is -0.932. The number of nitrogens with zero attached hydrogens (tertiary/aromatic N) is 2. The second kappa shape index (κ2) is 6.05. The highest BCUT2D eigenvalue weighted by molar-refractivity contribution is 5.95. The number of carbonyl (C=O) groups is 1. The third kappa shape index (κ3) is 3.66. The van der Waals surface area contributed by atoms with E-state index in [-0.39, 0.29) is 18.4 Å². The van der Waals surface area contributed by atoms with Gasteiger partial charge in [-0.1, -0.05) is 26.0 Å². The van der Waals surface area contributed by atoms with Crippen molar-refractivity contribution in [1.29, 1.82) is 0 Å². The first kappa shape index (κ1) is 15.2. The summed E-state index contributed by atoms with van der Waals surface area (Å²) in [5.41, 5.74) is 0.372. The molecule has 0 fully saturated rings. The fraction of sp³-hybridized carbons (Fsp3) is 0.400. The monoisotopic (exact) mass is 288 g/mol. The Kier molecular flexibility index (Phi) is 4.37. The predicted molar refractivity (Wildman–Crippen MR) is 79.6 cm³/mol. The van der Waals surface area contributed by atoms with E-state index in [4.69, 9.17) is 0 Å². The molecule has 0 radical (unpaired) electrons. The van der Waals surface area contributed by atoms with Gasteiger partial charge in [-0.05, 0) is 25.0 Å². The summed E-state index contributed by atoms with van der Waals surface area (Å²) >= 11 is 0. The lowest BCUT2D eigenvalue weighted by Crippen LogP contribution is -2.44. The largest absolute Gasteiger partial charge is 0.388 e. The lowest BCUT2D eigenvalue weighted by Gasteiger charge is -2.27. The van der Waals surface area contributed by atoms with Crippen molar-refractivity contribution in [3.05, 3.63) is 36.2 Å². The number of amides is 1. The Labute approximate surface area is 123 Å². The molecular weight excluding hydrogens is 268 g/mol. The van der Waals surface area contributed by atoms with Crippen molar-refractivity contribution in [1.82, 2.24) is 20.5 Å². The van der Waals surface area contributed by atoms with Crippen molar-refractivity contribution in [3.8, 4) is 11.4 Å². The van der Waals surface area contributed by atoms with Gasteiger partial charge in [-0.15, -0.1) is 0 Å². The van der Waals surface area contributed by atoms with Crippen LogP contribution in [-0.4, -0.2) is 38.3 Å². The molecule has 6 heteroatoms. The molecule has 0 saturated carbocycles. The van der Waals surface area contributed by atoms with E-state index >= 15 is 0 Å². The summed E-state index contributed by atoms with van der Waals surface area (Å²) < 4.78 is 0. The molecule has 2 rings (SSSR count). The van der Waals surface area contributed by atoms with Crippen molar-refractivity contribution in [2.24, 2.45) is 5.92 Å². The van der Waals surface area contributed by atoms with Crippen LogP contribution in [0.15, 0.2) is 30.6 Å². The van der Waals surface area contributed by atoms with Gasteiger partial charge in [0.15, 0.2) is 5.82 Å². The molecule has 1 unspecified atom stereocenters. The Hall–Kier alpha value is -2.21. The van der Waals surface area contributed by atoms with Crippen LogP contribution in [-0.2, 0) is 0 Å². The summed E-state index contributed by atoms with van der Waals surface area (Å²) in [5.74, 6) is 0.439. The van der Waals surface area contributed by atoms with Crippen LogP contribution in [0.1, 0.15) is 31.1 Å². The Balaban J connectivity index is 2.08. The number of carbonyl (C=O) groups excluding carboxylic acids is 1. The third-order valence-electron chi connectivity index (χ3n) is 3.66. The highest BCUT2D eigenvalue weighted by Gasteiger charge is 2.25. The van der Waals surface area contributed by atoms with Gasteiger partial charge in [0, 0.05) is 17.7 Å². The van der Waals surface area contributed by atoms with Gasteiger partial charge in [0.05, 0.1) is 5.60 Å². The molecule has 0 aliphatic carbocycles. The number of aromatic nitrogens is 3. The van der Waals surface area contributed by atoms with Gasteiger partial charge in [-0.2, -0.15) is 5.10 Å². The number of aromatic amines is 1. The standard InChI is InChI=1S/C15H20N4O2/c1-10(2)15(3,21)8-16-14(20)12-6-4-5-11(7-12)13-17-9-18-19-13/h4-7,9-10,21H,8H2,1-3H3,(H,16,20)(H,17,18,19). The van der Waals surface area contributed by atoms with Crippen molar-refractivity contribution >= 4 is 5.91 Å². The molecule has 1 heterocycles. The van der Waals surface area contributed by atoms with E-state index in [9.17, 15) is 9.90 Å². The maximum absolute atomic E-state index is 12.2. The van der Waals surface area contributed by atoms with Gasteiger partial charge < -0.3 is 10.4 Å². The molecule has 0 aliphatic heterocycles. The zero-order chi connectivity index (χ0) is 15.5. The minimum absolute atomic E-state index is 0.0540. The number of hydrogen-bond donors (Lipinski definition) is 3. The molecule has 1 aromatic carbocycles. The van der Waals surface area contributed by atoms with Crippen LogP contribution < -0.4 is 5.32 Å². The molecule has 21 heavy (non-hydrogen) atoms.